The summed E-state index contributed by atoms with van der Waals surface area (Å²) >= 11 is 0. The molecule has 6 nitrogen and oxygen atoms in total. The van der Waals surface area contributed by atoms with Gasteiger partial charge in [-0.25, -0.2) is 0 Å². The summed E-state index contributed by atoms with van der Waals surface area (Å²) in [6, 6.07) is 0.212. The van der Waals surface area contributed by atoms with Crippen molar-refractivity contribution in [3.63, 3.8) is 0 Å². The van der Waals surface area contributed by atoms with E-state index in [0.717, 1.165) is 25.2 Å². The highest BCUT2D eigenvalue weighted by atomic mass is 16.2. The number of rotatable bonds is 6. The van der Waals surface area contributed by atoms with Crippen LogP contribution in [0.2, 0.25) is 0 Å². The molecule has 2 rings (SSSR count). The predicted molar refractivity (Wildman–Crippen MR) is 63.2 cm³/mol. The van der Waals surface area contributed by atoms with Gasteiger partial charge in [0.05, 0.1) is 12.6 Å². The van der Waals surface area contributed by atoms with Crippen molar-refractivity contribution in [2.45, 2.75) is 51.9 Å². The molecule has 1 heterocycles. The van der Waals surface area contributed by atoms with Crippen LogP contribution >= 0.6 is 0 Å². The minimum absolute atomic E-state index is 0.0649. The highest BCUT2D eigenvalue weighted by Gasteiger charge is 2.25. The third-order valence-electron chi connectivity index (χ3n) is 2.92. The molecule has 17 heavy (non-hydrogen) atoms. The molecule has 1 atom stereocenters. The van der Waals surface area contributed by atoms with E-state index in [1.165, 1.54) is 0 Å². The van der Waals surface area contributed by atoms with E-state index in [0.29, 0.717) is 12.6 Å². The fourth-order valence-corrected chi connectivity index (χ4v) is 1.57. The molecule has 0 bridgehead atoms. The van der Waals surface area contributed by atoms with Crippen LogP contribution in [0.5, 0.6) is 0 Å². The smallest absolute Gasteiger partial charge is 0.237 e. The topological polar surface area (TPSA) is 71.8 Å². The molecule has 1 aromatic rings. The SMILES string of the molecule is CCn1cnnc1CNC(C)C(=O)NC1CC1. The van der Waals surface area contributed by atoms with Crippen LogP contribution in [0, 0.1) is 0 Å². The zero-order valence-electron chi connectivity index (χ0n) is 10.3. The molecule has 94 valence electrons. The normalized spacial score (nSPS) is 16.8. The molecule has 0 aromatic carbocycles. The van der Waals surface area contributed by atoms with E-state index in [2.05, 4.69) is 20.8 Å². The Hall–Kier alpha value is -1.43. The Kier molecular flexibility index (Phi) is 3.73. The quantitative estimate of drug-likeness (QED) is 0.733. The first-order valence-corrected chi connectivity index (χ1v) is 6.11. The lowest BCUT2D eigenvalue weighted by molar-refractivity contribution is -0.122. The van der Waals surface area contributed by atoms with E-state index in [-0.39, 0.29) is 11.9 Å². The molecular formula is C11H19N5O. The summed E-state index contributed by atoms with van der Waals surface area (Å²) in [5, 5.41) is 14.0. The Labute approximate surface area is 101 Å². The standard InChI is InChI=1S/C11H19N5O/c1-3-16-7-13-15-10(16)6-12-8(2)11(17)14-9-4-5-9/h7-9,12H,3-6H2,1-2H3,(H,14,17). The van der Waals surface area contributed by atoms with Gasteiger partial charge in [-0.05, 0) is 26.7 Å². The Balaban J connectivity index is 1.78. The lowest BCUT2D eigenvalue weighted by Crippen LogP contribution is -2.43. The molecule has 1 unspecified atom stereocenters. The second-order valence-corrected chi connectivity index (χ2v) is 4.42. The maximum Gasteiger partial charge on any atom is 0.237 e. The van der Waals surface area contributed by atoms with E-state index in [4.69, 9.17) is 0 Å². The Bertz CT molecular complexity index is 385. The number of carbonyl (C=O) groups is 1. The molecule has 1 amide bonds. The van der Waals surface area contributed by atoms with Crippen molar-refractivity contribution in [3.05, 3.63) is 12.2 Å². The molecular weight excluding hydrogens is 218 g/mol. The number of aromatic nitrogens is 3. The van der Waals surface area contributed by atoms with Gasteiger partial charge in [0, 0.05) is 12.6 Å². The number of carbonyl (C=O) groups excluding carboxylic acids is 1. The Morgan fingerprint density at radius 2 is 2.41 bits per heavy atom. The van der Waals surface area contributed by atoms with Crippen LogP contribution in [0.15, 0.2) is 6.33 Å². The molecule has 1 fully saturated rings. The third-order valence-corrected chi connectivity index (χ3v) is 2.92. The van der Waals surface area contributed by atoms with Crippen molar-refractivity contribution in [2.24, 2.45) is 0 Å². The van der Waals surface area contributed by atoms with Crippen LogP contribution in [0.25, 0.3) is 0 Å². The number of amides is 1. The van der Waals surface area contributed by atoms with Gasteiger partial charge in [-0.1, -0.05) is 0 Å². The molecule has 2 N–H and O–H groups in total. The molecule has 1 aromatic heterocycles. The average molecular weight is 237 g/mol. The van der Waals surface area contributed by atoms with Gasteiger partial charge in [-0.3, -0.25) is 10.1 Å². The second-order valence-electron chi connectivity index (χ2n) is 4.42. The highest BCUT2D eigenvalue weighted by molar-refractivity contribution is 5.81. The fourth-order valence-electron chi connectivity index (χ4n) is 1.57. The molecule has 0 saturated heterocycles. The molecule has 0 aliphatic heterocycles. The molecule has 1 aliphatic carbocycles. The minimum atomic E-state index is -0.197. The average Bonchev–Trinajstić information content (AvgIpc) is 3.02. The van der Waals surface area contributed by atoms with Gasteiger partial charge in [0.15, 0.2) is 0 Å². The molecule has 1 saturated carbocycles. The van der Waals surface area contributed by atoms with E-state index < -0.39 is 0 Å². The van der Waals surface area contributed by atoms with Crippen molar-refractivity contribution in [1.29, 1.82) is 0 Å². The monoisotopic (exact) mass is 237 g/mol. The maximum atomic E-state index is 11.7. The van der Waals surface area contributed by atoms with Crippen molar-refractivity contribution in [1.82, 2.24) is 25.4 Å². The molecule has 1 aliphatic rings. The maximum absolute atomic E-state index is 11.7. The zero-order chi connectivity index (χ0) is 12.3. The van der Waals surface area contributed by atoms with E-state index in [1.54, 1.807) is 6.33 Å². The van der Waals surface area contributed by atoms with Crippen molar-refractivity contribution in [2.75, 3.05) is 0 Å². The number of nitrogens with one attached hydrogen (secondary N) is 2. The van der Waals surface area contributed by atoms with Crippen molar-refractivity contribution < 1.29 is 4.79 Å². The van der Waals surface area contributed by atoms with Gasteiger partial charge in [0.1, 0.15) is 12.2 Å². The van der Waals surface area contributed by atoms with Gasteiger partial charge >= 0.3 is 0 Å². The van der Waals surface area contributed by atoms with Crippen molar-refractivity contribution >= 4 is 5.91 Å². The van der Waals surface area contributed by atoms with Gasteiger partial charge in [0.25, 0.3) is 0 Å². The van der Waals surface area contributed by atoms with E-state index in [9.17, 15) is 4.79 Å². The Morgan fingerprint density at radius 3 is 3.06 bits per heavy atom. The van der Waals surface area contributed by atoms with Crippen LogP contribution < -0.4 is 10.6 Å². The van der Waals surface area contributed by atoms with E-state index in [1.807, 2.05) is 18.4 Å². The van der Waals surface area contributed by atoms with Crippen LogP contribution in [-0.2, 0) is 17.9 Å². The van der Waals surface area contributed by atoms with Gasteiger partial charge in [-0.2, -0.15) is 0 Å². The van der Waals surface area contributed by atoms with Gasteiger partial charge in [0.2, 0.25) is 5.91 Å². The lowest BCUT2D eigenvalue weighted by Gasteiger charge is -2.13. The fraction of sp³-hybridized carbons (Fsp3) is 0.727. The highest BCUT2D eigenvalue weighted by Crippen LogP contribution is 2.18. The summed E-state index contributed by atoms with van der Waals surface area (Å²) in [6.07, 6.45) is 3.93. The zero-order valence-corrected chi connectivity index (χ0v) is 10.3. The van der Waals surface area contributed by atoms with Crippen molar-refractivity contribution in [3.8, 4) is 0 Å². The first-order valence-electron chi connectivity index (χ1n) is 6.11. The summed E-state index contributed by atoms with van der Waals surface area (Å²) < 4.78 is 1.96. The predicted octanol–water partition coefficient (Wildman–Crippen LogP) is 0.0547. The van der Waals surface area contributed by atoms with Crippen LogP contribution in [0.3, 0.4) is 0 Å². The number of hydrogen-bond acceptors (Lipinski definition) is 4. The summed E-state index contributed by atoms with van der Waals surface area (Å²) in [5.41, 5.74) is 0. The second kappa shape index (κ2) is 5.27. The molecule has 0 spiro atoms. The minimum Gasteiger partial charge on any atom is -0.352 e. The number of nitrogens with zero attached hydrogens (tertiary/aromatic N) is 3. The first kappa shape index (κ1) is 12.0. The number of hydrogen-bond donors (Lipinski definition) is 2. The largest absolute Gasteiger partial charge is 0.352 e. The first-order chi connectivity index (χ1) is 8.20. The van der Waals surface area contributed by atoms with Crippen LogP contribution in [0.1, 0.15) is 32.5 Å². The van der Waals surface area contributed by atoms with Crippen LogP contribution in [0.4, 0.5) is 0 Å². The summed E-state index contributed by atoms with van der Waals surface area (Å²) in [7, 11) is 0. The Morgan fingerprint density at radius 1 is 1.65 bits per heavy atom. The third kappa shape index (κ3) is 3.26. The van der Waals surface area contributed by atoms with Gasteiger partial charge < -0.3 is 9.88 Å². The van der Waals surface area contributed by atoms with Crippen LogP contribution in [-0.4, -0.2) is 32.8 Å². The molecule has 6 heteroatoms. The number of aryl methyl sites for hydroxylation is 1. The summed E-state index contributed by atoms with van der Waals surface area (Å²) in [6.45, 7) is 5.31. The summed E-state index contributed by atoms with van der Waals surface area (Å²) in [5.74, 6) is 0.925. The summed E-state index contributed by atoms with van der Waals surface area (Å²) in [4.78, 5) is 11.7. The van der Waals surface area contributed by atoms with E-state index >= 15 is 0 Å². The molecule has 0 radical (unpaired) electrons. The lowest BCUT2D eigenvalue weighted by atomic mass is 10.3. The van der Waals surface area contributed by atoms with Gasteiger partial charge in [-0.15, -0.1) is 10.2 Å².